The number of nitrogens with zero attached hydrogens (tertiary/aromatic N) is 2. The molecule has 0 radical (unpaired) electrons. The van der Waals surface area contributed by atoms with E-state index >= 15 is 0 Å². The van der Waals surface area contributed by atoms with Crippen LogP contribution >= 0.6 is 11.3 Å². The van der Waals surface area contributed by atoms with Crippen molar-refractivity contribution in [3.63, 3.8) is 0 Å². The van der Waals surface area contributed by atoms with Gasteiger partial charge in [0.05, 0.1) is 24.3 Å². The number of hydrogen-bond donors (Lipinski definition) is 1. The first-order valence-electron chi connectivity index (χ1n) is 9.12. The lowest BCUT2D eigenvalue weighted by molar-refractivity contribution is -0.115. The zero-order chi connectivity index (χ0) is 21.4. The first-order valence-corrected chi connectivity index (χ1v) is 9.93. The van der Waals surface area contributed by atoms with Crippen molar-refractivity contribution in [2.45, 2.75) is 20.4 Å². The molecule has 1 heterocycles. The maximum absolute atomic E-state index is 13.0. The number of hydrogen-bond acceptors (Lipinski definition) is 6. The molecular formula is C21H25N3O4S. The first-order chi connectivity index (χ1) is 13.9. The quantitative estimate of drug-likeness (QED) is 0.632. The minimum Gasteiger partial charge on any atom is -0.383 e. The zero-order valence-electron chi connectivity index (χ0n) is 17.1. The van der Waals surface area contributed by atoms with E-state index < -0.39 is 5.91 Å². The molecule has 0 atom stereocenters. The topological polar surface area (TPSA) is 93.4 Å². The van der Waals surface area contributed by atoms with Crippen LogP contribution in [0.3, 0.4) is 0 Å². The number of rotatable bonds is 8. The van der Waals surface area contributed by atoms with Crippen LogP contribution in [0.15, 0.2) is 23.0 Å². The fourth-order valence-corrected chi connectivity index (χ4v) is 3.89. The molecule has 0 saturated carbocycles. The van der Waals surface area contributed by atoms with Gasteiger partial charge in [0.1, 0.15) is 10.7 Å². The van der Waals surface area contributed by atoms with Crippen LogP contribution < -0.4 is 20.1 Å². The number of benzene rings is 1. The van der Waals surface area contributed by atoms with Crippen molar-refractivity contribution >= 4 is 28.9 Å². The van der Waals surface area contributed by atoms with E-state index in [9.17, 15) is 14.9 Å². The van der Waals surface area contributed by atoms with E-state index in [2.05, 4.69) is 5.32 Å². The Balaban J connectivity index is 2.67. The van der Waals surface area contributed by atoms with Crippen molar-refractivity contribution in [1.29, 1.82) is 5.26 Å². The van der Waals surface area contributed by atoms with E-state index in [0.29, 0.717) is 15.8 Å². The molecule has 0 bridgehead atoms. The van der Waals surface area contributed by atoms with Crippen LogP contribution in [-0.4, -0.2) is 44.5 Å². The van der Waals surface area contributed by atoms with Crippen LogP contribution in [0.5, 0.6) is 0 Å². The number of ether oxygens (including phenoxy) is 2. The molecule has 1 aromatic heterocycles. The fourth-order valence-electron chi connectivity index (χ4n) is 2.77. The van der Waals surface area contributed by atoms with E-state index in [1.807, 2.05) is 38.1 Å². The highest BCUT2D eigenvalue weighted by atomic mass is 32.1. The average Bonchev–Trinajstić information content (AvgIpc) is 2.98. The molecule has 29 heavy (non-hydrogen) atoms. The number of carbonyl (C=O) groups is 1. The Labute approximate surface area is 173 Å². The van der Waals surface area contributed by atoms with E-state index in [4.69, 9.17) is 9.47 Å². The van der Waals surface area contributed by atoms with Gasteiger partial charge in [-0.2, -0.15) is 5.26 Å². The molecule has 7 nitrogen and oxygen atoms in total. The predicted octanol–water partition coefficient (Wildman–Crippen LogP) is 0.439. The minimum absolute atomic E-state index is 0.0976. The number of nitriles is 1. The lowest BCUT2D eigenvalue weighted by atomic mass is 10.1. The fraction of sp³-hybridized carbons (Fsp3) is 0.381. The molecule has 0 unspecified atom stereocenters. The van der Waals surface area contributed by atoms with Gasteiger partial charge in [0.25, 0.3) is 11.5 Å². The molecule has 8 heteroatoms. The summed E-state index contributed by atoms with van der Waals surface area (Å²) in [6, 6.07) is 7.92. The minimum atomic E-state index is -0.532. The number of nitrogens with one attached hydrogen (secondary N) is 1. The highest BCUT2D eigenvalue weighted by Crippen LogP contribution is 2.10. The normalized spacial score (nSPS) is 12.6. The second-order valence-corrected chi connectivity index (χ2v) is 7.49. The Kier molecular flexibility index (Phi) is 8.34. The van der Waals surface area contributed by atoms with Gasteiger partial charge in [-0.3, -0.25) is 14.2 Å². The SMILES string of the molecule is COCCNC(=O)/C(C#N)=c1\s/c(=C\c2ccc(C)cc2C)c(=O)n1CCOC. The Morgan fingerprint density at radius 1 is 1.28 bits per heavy atom. The van der Waals surface area contributed by atoms with Gasteiger partial charge in [-0.05, 0) is 31.1 Å². The number of aryl methyl sites for hydroxylation is 2. The van der Waals surface area contributed by atoms with Crippen molar-refractivity contribution in [2.75, 3.05) is 34.0 Å². The van der Waals surface area contributed by atoms with Gasteiger partial charge in [-0.25, -0.2) is 0 Å². The molecule has 0 fully saturated rings. The van der Waals surface area contributed by atoms with Crippen molar-refractivity contribution in [3.8, 4) is 6.07 Å². The smallest absolute Gasteiger partial charge is 0.269 e. The first kappa shape index (κ1) is 22.6. The molecule has 1 N–H and O–H groups in total. The maximum Gasteiger partial charge on any atom is 0.269 e. The molecule has 0 spiro atoms. The number of thiazole rings is 1. The van der Waals surface area contributed by atoms with Crippen LogP contribution in [-0.2, 0) is 20.8 Å². The third-order valence-corrected chi connectivity index (χ3v) is 5.41. The molecular weight excluding hydrogens is 390 g/mol. The van der Waals surface area contributed by atoms with Gasteiger partial charge < -0.3 is 14.8 Å². The number of carbonyl (C=O) groups excluding carboxylic acids is 1. The van der Waals surface area contributed by atoms with E-state index in [1.165, 1.54) is 18.8 Å². The molecule has 1 amide bonds. The monoisotopic (exact) mass is 415 g/mol. The third kappa shape index (κ3) is 5.64. The average molecular weight is 416 g/mol. The summed E-state index contributed by atoms with van der Waals surface area (Å²) < 4.78 is 12.2. The lowest BCUT2D eigenvalue weighted by Crippen LogP contribution is -2.36. The van der Waals surface area contributed by atoms with E-state index in [0.717, 1.165) is 28.0 Å². The largest absolute Gasteiger partial charge is 0.383 e. The molecule has 154 valence electrons. The number of methoxy groups -OCH3 is 2. The Morgan fingerprint density at radius 3 is 2.62 bits per heavy atom. The van der Waals surface area contributed by atoms with E-state index in [-0.39, 0.29) is 30.8 Å². The lowest BCUT2D eigenvalue weighted by Gasteiger charge is -2.04. The summed E-state index contributed by atoms with van der Waals surface area (Å²) in [7, 11) is 3.06. The molecule has 0 aliphatic heterocycles. The summed E-state index contributed by atoms with van der Waals surface area (Å²) in [5.74, 6) is -0.532. The third-order valence-electron chi connectivity index (χ3n) is 4.28. The van der Waals surface area contributed by atoms with Crippen molar-refractivity contribution in [1.82, 2.24) is 9.88 Å². The molecule has 1 aromatic carbocycles. The summed E-state index contributed by atoms with van der Waals surface area (Å²) in [4.78, 5) is 25.5. The molecule has 0 aliphatic carbocycles. The Morgan fingerprint density at radius 2 is 2.00 bits per heavy atom. The van der Waals surface area contributed by atoms with E-state index in [1.54, 1.807) is 6.08 Å². The van der Waals surface area contributed by atoms with Crippen LogP contribution in [0.1, 0.15) is 16.7 Å². The maximum atomic E-state index is 13.0. The second kappa shape index (κ2) is 10.7. The molecule has 2 rings (SSSR count). The van der Waals surface area contributed by atoms with Crippen LogP contribution in [0.4, 0.5) is 0 Å². The number of amides is 1. The second-order valence-electron chi connectivity index (χ2n) is 6.46. The summed E-state index contributed by atoms with van der Waals surface area (Å²) in [5, 5.41) is 12.2. The predicted molar refractivity (Wildman–Crippen MR) is 113 cm³/mol. The van der Waals surface area contributed by atoms with Crippen LogP contribution in [0.2, 0.25) is 0 Å². The van der Waals surface area contributed by atoms with Crippen molar-refractivity contribution in [2.24, 2.45) is 0 Å². The molecule has 2 aromatic rings. The summed E-state index contributed by atoms with van der Waals surface area (Å²) in [6.45, 7) is 5.13. The highest BCUT2D eigenvalue weighted by molar-refractivity contribution is 7.07. The van der Waals surface area contributed by atoms with Gasteiger partial charge >= 0.3 is 0 Å². The van der Waals surface area contributed by atoms with Crippen molar-refractivity contribution < 1.29 is 14.3 Å². The summed E-state index contributed by atoms with van der Waals surface area (Å²) in [6.07, 6.45) is 1.80. The highest BCUT2D eigenvalue weighted by Gasteiger charge is 2.15. The van der Waals surface area contributed by atoms with Crippen LogP contribution in [0.25, 0.3) is 11.6 Å². The zero-order valence-corrected chi connectivity index (χ0v) is 17.9. The standard InChI is InChI=1S/C21H25N3O4S/c1-14-5-6-16(15(2)11-14)12-18-20(26)24(8-10-28-4)21(29-18)17(13-22)19(25)23-7-9-27-3/h5-6,11-12H,7-10H2,1-4H3,(H,23,25)/b18-12-,21-17-. The molecule has 0 saturated heterocycles. The van der Waals surface area contributed by atoms with Crippen LogP contribution in [0, 0.1) is 25.2 Å². The van der Waals surface area contributed by atoms with Gasteiger partial charge in [0, 0.05) is 20.8 Å². The van der Waals surface area contributed by atoms with Crippen molar-refractivity contribution in [3.05, 3.63) is 54.4 Å². The van der Waals surface area contributed by atoms with Gasteiger partial charge in [-0.15, -0.1) is 11.3 Å². The Hall–Kier alpha value is -2.73. The molecule has 0 aliphatic rings. The summed E-state index contributed by atoms with van der Waals surface area (Å²) in [5.41, 5.74) is 2.75. The van der Waals surface area contributed by atoms with Gasteiger partial charge in [0.15, 0.2) is 5.57 Å². The number of aromatic nitrogens is 1. The Bertz CT molecular complexity index is 1090. The van der Waals surface area contributed by atoms with Gasteiger partial charge in [-0.1, -0.05) is 23.8 Å². The van der Waals surface area contributed by atoms with Gasteiger partial charge in [0.2, 0.25) is 0 Å². The summed E-state index contributed by atoms with van der Waals surface area (Å²) >= 11 is 1.13.